The van der Waals surface area contributed by atoms with Crippen LogP contribution in [0.2, 0.25) is 0 Å². The van der Waals surface area contributed by atoms with Crippen molar-refractivity contribution in [3.8, 4) is 0 Å². The number of hydrogen-bond donors (Lipinski definition) is 0. The van der Waals surface area contributed by atoms with Crippen LogP contribution in [0.3, 0.4) is 0 Å². The summed E-state index contributed by atoms with van der Waals surface area (Å²) in [6.07, 6.45) is 0. The van der Waals surface area contributed by atoms with E-state index in [1.54, 1.807) is 0 Å². The summed E-state index contributed by atoms with van der Waals surface area (Å²) in [5.74, 6) is -3.03. The largest absolute Gasteiger partial charge is 0.335 e. The van der Waals surface area contributed by atoms with Crippen LogP contribution in [0.25, 0.3) is 0 Å². The third kappa shape index (κ3) is 1.82. The Hall–Kier alpha value is -1.04. The Balaban J connectivity index is 3.53. The maximum atomic E-state index is 12.8. The van der Waals surface area contributed by atoms with Crippen molar-refractivity contribution in [3.63, 3.8) is 0 Å². The number of aryl methyl sites for hydroxylation is 1. The predicted octanol–water partition coefficient (Wildman–Crippen LogP) is 1.93. The van der Waals surface area contributed by atoms with Gasteiger partial charge in [-0.2, -0.15) is 8.42 Å². The molecule has 0 aliphatic carbocycles. The van der Waals surface area contributed by atoms with E-state index in [0.717, 1.165) is 6.07 Å². The number of hydrogen-bond acceptors (Lipinski definition) is 2. The summed E-state index contributed by atoms with van der Waals surface area (Å²) in [5.41, 5.74) is -0.0788. The molecule has 0 aliphatic heterocycles. The maximum absolute atomic E-state index is 12.8. The normalized spacial score (nSPS) is 11.7. The van der Waals surface area contributed by atoms with Crippen LogP contribution in [-0.4, -0.2) is 8.42 Å². The molecular formula is C7H5F3O2S. The van der Waals surface area contributed by atoms with E-state index in [1.165, 1.54) is 6.92 Å². The second kappa shape index (κ2) is 3.02. The summed E-state index contributed by atoms with van der Waals surface area (Å²) in [5, 5.41) is 0. The lowest BCUT2D eigenvalue weighted by molar-refractivity contribution is 0.474. The molecule has 0 bridgehead atoms. The van der Waals surface area contributed by atoms with Crippen LogP contribution in [0, 0.1) is 18.6 Å². The lowest BCUT2D eigenvalue weighted by Crippen LogP contribution is -2.00. The van der Waals surface area contributed by atoms with Gasteiger partial charge in [-0.3, -0.25) is 0 Å². The molecule has 2 nitrogen and oxygen atoms in total. The van der Waals surface area contributed by atoms with E-state index in [-0.39, 0.29) is 5.56 Å². The molecule has 0 fully saturated rings. The molecule has 0 unspecified atom stereocenters. The van der Waals surface area contributed by atoms with E-state index in [1.807, 2.05) is 0 Å². The van der Waals surface area contributed by atoms with Crippen molar-refractivity contribution in [1.82, 2.24) is 0 Å². The first-order chi connectivity index (χ1) is 5.84. The molecule has 13 heavy (non-hydrogen) atoms. The monoisotopic (exact) mass is 210 g/mol. The zero-order chi connectivity index (χ0) is 10.2. The third-order valence-electron chi connectivity index (χ3n) is 1.50. The summed E-state index contributed by atoms with van der Waals surface area (Å²) >= 11 is 0. The number of rotatable bonds is 1. The molecule has 0 aliphatic rings. The van der Waals surface area contributed by atoms with E-state index in [2.05, 4.69) is 0 Å². The standard InChI is InChI=1S/C7H5F3O2S/c1-4-2-3-5(13(10,11)12)7(9)6(4)8/h2-3H,1H3. The molecule has 0 spiro atoms. The van der Waals surface area contributed by atoms with Gasteiger partial charge in [0.15, 0.2) is 11.6 Å². The molecule has 0 radical (unpaired) electrons. The van der Waals surface area contributed by atoms with E-state index in [9.17, 15) is 21.1 Å². The molecule has 0 atom stereocenters. The van der Waals surface area contributed by atoms with E-state index in [4.69, 9.17) is 0 Å². The Bertz CT molecular complexity index is 439. The van der Waals surface area contributed by atoms with Gasteiger partial charge in [-0.05, 0) is 18.6 Å². The molecule has 1 aromatic carbocycles. The van der Waals surface area contributed by atoms with Gasteiger partial charge >= 0.3 is 10.2 Å². The highest BCUT2D eigenvalue weighted by molar-refractivity contribution is 7.86. The first-order valence-corrected chi connectivity index (χ1v) is 4.61. The van der Waals surface area contributed by atoms with Crippen molar-refractivity contribution in [3.05, 3.63) is 29.3 Å². The third-order valence-corrected chi connectivity index (χ3v) is 2.34. The highest BCUT2D eigenvalue weighted by Gasteiger charge is 2.21. The topological polar surface area (TPSA) is 34.1 Å². The molecule has 0 amide bonds. The van der Waals surface area contributed by atoms with E-state index < -0.39 is 26.8 Å². The number of benzene rings is 1. The van der Waals surface area contributed by atoms with Crippen LogP contribution >= 0.6 is 0 Å². The minimum atomic E-state index is -5.19. The summed E-state index contributed by atoms with van der Waals surface area (Å²) in [4.78, 5) is -1.27. The fraction of sp³-hybridized carbons (Fsp3) is 0.143. The van der Waals surface area contributed by atoms with Gasteiger partial charge in [0.25, 0.3) is 0 Å². The molecule has 0 N–H and O–H groups in total. The van der Waals surface area contributed by atoms with Gasteiger partial charge in [0.05, 0.1) is 0 Å². The van der Waals surface area contributed by atoms with Gasteiger partial charge in [-0.25, -0.2) is 8.78 Å². The van der Waals surface area contributed by atoms with Gasteiger partial charge in [-0.1, -0.05) is 6.07 Å². The Morgan fingerprint density at radius 1 is 1.15 bits per heavy atom. The highest BCUT2D eigenvalue weighted by Crippen LogP contribution is 2.21. The van der Waals surface area contributed by atoms with Gasteiger partial charge in [-0.15, -0.1) is 3.89 Å². The zero-order valence-corrected chi connectivity index (χ0v) is 7.33. The van der Waals surface area contributed by atoms with Crippen molar-refractivity contribution in [2.75, 3.05) is 0 Å². The molecule has 0 aromatic heterocycles. The Labute approximate surface area is 73.2 Å². The molecule has 1 rings (SSSR count). The highest BCUT2D eigenvalue weighted by atomic mass is 32.3. The van der Waals surface area contributed by atoms with Crippen LogP contribution < -0.4 is 0 Å². The average Bonchev–Trinajstić information content (AvgIpc) is 1.98. The van der Waals surface area contributed by atoms with Crippen LogP contribution in [0.15, 0.2) is 17.0 Å². The molecule has 1 aromatic rings. The smallest absolute Gasteiger partial charge is 0.203 e. The SMILES string of the molecule is Cc1ccc(S(=O)(=O)F)c(F)c1F. The van der Waals surface area contributed by atoms with Crippen LogP contribution in [0.4, 0.5) is 12.7 Å². The van der Waals surface area contributed by atoms with Gasteiger partial charge in [0.1, 0.15) is 4.90 Å². The summed E-state index contributed by atoms with van der Waals surface area (Å²) < 4.78 is 58.2. The lowest BCUT2D eigenvalue weighted by atomic mass is 10.2. The van der Waals surface area contributed by atoms with E-state index >= 15 is 0 Å². The summed E-state index contributed by atoms with van der Waals surface area (Å²) in [7, 11) is -5.19. The van der Waals surface area contributed by atoms with Crippen LogP contribution in [0.1, 0.15) is 5.56 Å². The predicted molar refractivity (Wildman–Crippen MR) is 39.4 cm³/mol. The number of halogens is 3. The second-order valence-electron chi connectivity index (χ2n) is 2.45. The summed E-state index contributed by atoms with van der Waals surface area (Å²) in [6.45, 7) is 1.24. The lowest BCUT2D eigenvalue weighted by Gasteiger charge is -2.00. The Kier molecular flexibility index (Phi) is 2.34. The first kappa shape index (κ1) is 10.0. The maximum Gasteiger partial charge on any atom is 0.335 e. The molecule has 6 heteroatoms. The van der Waals surface area contributed by atoms with Crippen molar-refractivity contribution < 1.29 is 21.1 Å². The fourth-order valence-electron chi connectivity index (χ4n) is 0.817. The minimum Gasteiger partial charge on any atom is -0.203 e. The first-order valence-electron chi connectivity index (χ1n) is 3.23. The van der Waals surface area contributed by atoms with E-state index in [0.29, 0.717) is 6.07 Å². The van der Waals surface area contributed by atoms with Crippen molar-refractivity contribution >= 4 is 10.2 Å². The van der Waals surface area contributed by atoms with Crippen molar-refractivity contribution in [2.45, 2.75) is 11.8 Å². The molecule has 0 saturated carbocycles. The summed E-state index contributed by atoms with van der Waals surface area (Å²) in [6, 6.07) is 1.67. The molecule has 72 valence electrons. The Morgan fingerprint density at radius 2 is 1.69 bits per heavy atom. The van der Waals surface area contributed by atoms with Crippen LogP contribution in [-0.2, 0) is 10.2 Å². The van der Waals surface area contributed by atoms with Gasteiger partial charge < -0.3 is 0 Å². The van der Waals surface area contributed by atoms with Crippen LogP contribution in [0.5, 0.6) is 0 Å². The van der Waals surface area contributed by atoms with Crippen molar-refractivity contribution in [1.29, 1.82) is 0 Å². The fourth-order valence-corrected chi connectivity index (χ4v) is 1.35. The van der Waals surface area contributed by atoms with Gasteiger partial charge in [0.2, 0.25) is 0 Å². The molecule has 0 heterocycles. The average molecular weight is 210 g/mol. The zero-order valence-electron chi connectivity index (χ0n) is 6.51. The molecule has 0 saturated heterocycles. The van der Waals surface area contributed by atoms with Gasteiger partial charge in [0, 0.05) is 0 Å². The minimum absolute atomic E-state index is 0.0788. The molecular weight excluding hydrogens is 205 g/mol. The van der Waals surface area contributed by atoms with Crippen molar-refractivity contribution in [2.24, 2.45) is 0 Å². The second-order valence-corrected chi connectivity index (χ2v) is 3.76. The Morgan fingerprint density at radius 3 is 2.15 bits per heavy atom. The quantitative estimate of drug-likeness (QED) is 0.664.